The van der Waals surface area contributed by atoms with Gasteiger partial charge in [-0.1, -0.05) is 42.5 Å². The number of amides is 1. The van der Waals surface area contributed by atoms with Crippen molar-refractivity contribution in [3.8, 4) is 0 Å². The Bertz CT molecular complexity index is 941. The molecule has 0 bridgehead atoms. The van der Waals surface area contributed by atoms with Crippen LogP contribution in [-0.4, -0.2) is 29.2 Å². The van der Waals surface area contributed by atoms with Gasteiger partial charge in [-0.3, -0.25) is 9.69 Å². The zero-order valence-electron chi connectivity index (χ0n) is 14.5. The SMILES string of the molecule is O=C(OCC(=O)N1c2ccccc2SC[C@H]1c1ccccc1)c1ccc[nH]1. The second-order valence-electron chi connectivity index (χ2n) is 6.13. The Balaban J connectivity index is 1.59. The number of fused-ring (bicyclic) bond motifs is 1. The summed E-state index contributed by atoms with van der Waals surface area (Å²) < 4.78 is 5.23. The molecular formula is C21H18N2O3S. The molecule has 1 aromatic heterocycles. The van der Waals surface area contributed by atoms with E-state index < -0.39 is 5.97 Å². The average Bonchev–Trinajstić information content (AvgIpc) is 3.26. The first-order chi connectivity index (χ1) is 13.2. The Hall–Kier alpha value is -2.99. The van der Waals surface area contributed by atoms with E-state index in [0.29, 0.717) is 5.69 Å². The number of nitrogens with zero attached hydrogens (tertiary/aromatic N) is 1. The maximum Gasteiger partial charge on any atom is 0.355 e. The van der Waals surface area contributed by atoms with Gasteiger partial charge in [-0.05, 0) is 29.8 Å². The molecule has 0 aliphatic carbocycles. The van der Waals surface area contributed by atoms with Crippen LogP contribution in [0.5, 0.6) is 0 Å². The molecule has 1 aliphatic heterocycles. The van der Waals surface area contributed by atoms with Crippen molar-refractivity contribution in [3.63, 3.8) is 0 Å². The minimum atomic E-state index is -0.538. The molecule has 1 aliphatic rings. The number of H-pyrrole nitrogens is 1. The number of aromatic amines is 1. The van der Waals surface area contributed by atoms with Crippen LogP contribution < -0.4 is 4.90 Å². The third-order valence-corrected chi connectivity index (χ3v) is 5.57. The van der Waals surface area contributed by atoms with Gasteiger partial charge in [0, 0.05) is 16.8 Å². The molecule has 0 saturated carbocycles. The highest BCUT2D eigenvalue weighted by molar-refractivity contribution is 7.99. The summed E-state index contributed by atoms with van der Waals surface area (Å²) in [5.74, 6) is -0.0297. The molecule has 136 valence electrons. The van der Waals surface area contributed by atoms with E-state index in [2.05, 4.69) is 4.98 Å². The third kappa shape index (κ3) is 3.61. The van der Waals surface area contributed by atoms with Gasteiger partial charge in [0.25, 0.3) is 5.91 Å². The topological polar surface area (TPSA) is 62.4 Å². The minimum Gasteiger partial charge on any atom is -0.451 e. The van der Waals surface area contributed by atoms with Crippen molar-refractivity contribution in [1.82, 2.24) is 4.98 Å². The summed E-state index contributed by atoms with van der Waals surface area (Å²) in [6.45, 7) is -0.305. The average molecular weight is 378 g/mol. The van der Waals surface area contributed by atoms with Gasteiger partial charge in [0.2, 0.25) is 0 Å². The van der Waals surface area contributed by atoms with E-state index in [1.165, 1.54) is 0 Å². The molecular weight excluding hydrogens is 360 g/mol. The lowest BCUT2D eigenvalue weighted by atomic mass is 10.1. The fourth-order valence-electron chi connectivity index (χ4n) is 3.15. The van der Waals surface area contributed by atoms with Gasteiger partial charge in [0.05, 0.1) is 11.7 Å². The lowest BCUT2D eigenvalue weighted by Crippen LogP contribution is -2.41. The van der Waals surface area contributed by atoms with Crippen LogP contribution in [0.4, 0.5) is 5.69 Å². The van der Waals surface area contributed by atoms with Crippen molar-refractivity contribution in [2.45, 2.75) is 10.9 Å². The summed E-state index contributed by atoms with van der Waals surface area (Å²) in [5, 5.41) is 0. The van der Waals surface area contributed by atoms with Gasteiger partial charge >= 0.3 is 5.97 Å². The lowest BCUT2D eigenvalue weighted by molar-refractivity contribution is -0.122. The summed E-state index contributed by atoms with van der Waals surface area (Å²) in [7, 11) is 0. The van der Waals surface area contributed by atoms with Crippen molar-refractivity contribution in [3.05, 3.63) is 84.2 Å². The molecule has 3 aromatic rings. The first-order valence-corrected chi connectivity index (χ1v) is 9.62. The normalized spacial score (nSPS) is 15.9. The van der Waals surface area contributed by atoms with Gasteiger partial charge in [-0.2, -0.15) is 0 Å². The standard InChI is InChI=1S/C21H18N2O3S/c24-20(13-26-21(25)16-9-6-12-22-16)23-17-10-4-5-11-19(17)27-14-18(23)15-7-2-1-3-8-15/h1-12,18,22H,13-14H2/t18-/m0/s1. The van der Waals surface area contributed by atoms with Crippen LogP contribution in [0.25, 0.3) is 0 Å². The van der Waals surface area contributed by atoms with Crippen LogP contribution in [0.3, 0.4) is 0 Å². The molecule has 0 saturated heterocycles. The number of hydrogen-bond acceptors (Lipinski definition) is 4. The summed E-state index contributed by atoms with van der Waals surface area (Å²) in [6, 6.07) is 21.0. The van der Waals surface area contributed by atoms with Crippen molar-refractivity contribution in [2.24, 2.45) is 0 Å². The highest BCUT2D eigenvalue weighted by Gasteiger charge is 2.32. The summed E-state index contributed by atoms with van der Waals surface area (Å²) in [4.78, 5) is 30.7. The van der Waals surface area contributed by atoms with E-state index in [4.69, 9.17) is 4.74 Å². The molecule has 0 fully saturated rings. The fourth-order valence-corrected chi connectivity index (χ4v) is 4.32. The van der Waals surface area contributed by atoms with Crippen molar-refractivity contribution >= 4 is 29.3 Å². The maximum absolute atomic E-state index is 13.0. The van der Waals surface area contributed by atoms with Crippen molar-refractivity contribution in [2.75, 3.05) is 17.3 Å². The zero-order chi connectivity index (χ0) is 18.6. The molecule has 0 unspecified atom stereocenters. The molecule has 4 rings (SSSR count). The summed E-state index contributed by atoms with van der Waals surface area (Å²) in [6.07, 6.45) is 1.64. The van der Waals surface area contributed by atoms with E-state index >= 15 is 0 Å². The second-order valence-corrected chi connectivity index (χ2v) is 7.19. The Morgan fingerprint density at radius 2 is 1.81 bits per heavy atom. The summed E-state index contributed by atoms with van der Waals surface area (Å²) >= 11 is 1.73. The number of hydrogen-bond donors (Lipinski definition) is 1. The molecule has 1 atom stereocenters. The maximum atomic E-state index is 13.0. The Morgan fingerprint density at radius 1 is 1.04 bits per heavy atom. The number of nitrogens with one attached hydrogen (secondary N) is 1. The Labute approximate surface area is 161 Å². The molecule has 2 aromatic carbocycles. The van der Waals surface area contributed by atoms with Crippen LogP contribution in [0.15, 0.2) is 77.8 Å². The van der Waals surface area contributed by atoms with E-state index in [0.717, 1.165) is 21.9 Å². The minimum absolute atomic E-state index is 0.109. The predicted octanol–water partition coefficient (Wildman–Crippen LogP) is 4.05. The van der Waals surface area contributed by atoms with Gasteiger partial charge in [0.15, 0.2) is 6.61 Å². The van der Waals surface area contributed by atoms with Gasteiger partial charge in [-0.25, -0.2) is 4.79 Å². The van der Waals surface area contributed by atoms with Crippen LogP contribution in [0, 0.1) is 0 Å². The highest BCUT2D eigenvalue weighted by atomic mass is 32.2. The molecule has 6 heteroatoms. The van der Waals surface area contributed by atoms with Gasteiger partial charge in [-0.15, -0.1) is 11.8 Å². The number of esters is 1. The van der Waals surface area contributed by atoms with Crippen LogP contribution in [-0.2, 0) is 9.53 Å². The number of thioether (sulfide) groups is 1. The molecule has 5 nitrogen and oxygen atoms in total. The van der Waals surface area contributed by atoms with E-state index in [1.54, 1.807) is 35.0 Å². The molecule has 1 amide bonds. The number of aromatic nitrogens is 1. The number of rotatable bonds is 4. The predicted molar refractivity (Wildman–Crippen MR) is 105 cm³/mol. The first-order valence-electron chi connectivity index (χ1n) is 8.63. The van der Waals surface area contributed by atoms with Gasteiger partial charge in [0.1, 0.15) is 5.69 Å². The van der Waals surface area contributed by atoms with Gasteiger partial charge < -0.3 is 9.72 Å². The Morgan fingerprint density at radius 3 is 2.59 bits per heavy atom. The Kier molecular flexibility index (Phi) is 4.98. The quantitative estimate of drug-likeness (QED) is 0.696. The summed E-state index contributed by atoms with van der Waals surface area (Å²) in [5.41, 5.74) is 2.24. The smallest absolute Gasteiger partial charge is 0.355 e. The first kappa shape index (κ1) is 17.4. The number of carbonyl (C=O) groups excluding carboxylic acids is 2. The lowest BCUT2D eigenvalue weighted by Gasteiger charge is -2.37. The largest absolute Gasteiger partial charge is 0.451 e. The van der Waals surface area contributed by atoms with E-state index in [-0.39, 0.29) is 18.6 Å². The third-order valence-electron chi connectivity index (χ3n) is 4.43. The van der Waals surface area contributed by atoms with Crippen LogP contribution in [0.1, 0.15) is 22.1 Å². The number of carbonyl (C=O) groups is 2. The number of anilines is 1. The number of para-hydroxylation sites is 1. The molecule has 27 heavy (non-hydrogen) atoms. The van der Waals surface area contributed by atoms with Crippen molar-refractivity contribution < 1.29 is 14.3 Å². The fraction of sp³-hybridized carbons (Fsp3) is 0.143. The second kappa shape index (κ2) is 7.72. The monoisotopic (exact) mass is 378 g/mol. The molecule has 1 N–H and O–H groups in total. The number of ether oxygens (including phenoxy) is 1. The molecule has 0 spiro atoms. The van der Waals surface area contributed by atoms with Crippen molar-refractivity contribution in [1.29, 1.82) is 0 Å². The zero-order valence-corrected chi connectivity index (χ0v) is 15.3. The molecule has 2 heterocycles. The van der Waals surface area contributed by atoms with Crippen LogP contribution in [0.2, 0.25) is 0 Å². The van der Waals surface area contributed by atoms with Crippen LogP contribution >= 0.6 is 11.8 Å². The number of benzene rings is 2. The highest BCUT2D eigenvalue weighted by Crippen LogP contribution is 2.43. The van der Waals surface area contributed by atoms with E-state index in [1.807, 2.05) is 54.6 Å². The van der Waals surface area contributed by atoms with E-state index in [9.17, 15) is 9.59 Å². The molecule has 0 radical (unpaired) electrons.